The molecule has 11 heteroatoms. The van der Waals surface area contributed by atoms with Gasteiger partial charge in [-0.1, -0.05) is 80.4 Å². The molecule has 2 aromatic heterocycles. The van der Waals surface area contributed by atoms with Crippen molar-refractivity contribution in [2.45, 2.75) is 13.8 Å². The van der Waals surface area contributed by atoms with Gasteiger partial charge >= 0.3 is 0 Å². The molecule has 2 heterocycles. The Balaban J connectivity index is 0.000000200. The van der Waals surface area contributed by atoms with Gasteiger partial charge in [0.25, 0.3) is 0 Å². The summed E-state index contributed by atoms with van der Waals surface area (Å²) in [6.07, 6.45) is 14.0. The second-order valence-corrected chi connectivity index (χ2v) is 13.2. The van der Waals surface area contributed by atoms with Crippen molar-refractivity contribution in [3.63, 3.8) is 0 Å². The van der Waals surface area contributed by atoms with Crippen LogP contribution in [0.3, 0.4) is 0 Å². The maximum Gasteiger partial charge on any atom is 0.187 e. The van der Waals surface area contributed by atoms with E-state index in [0.717, 1.165) is 52.9 Å². The number of carbonyl (C=O) groups excluding carboxylic acids is 2. The Kier molecular flexibility index (Phi) is 12.4. The number of hydrogen-bond acceptors (Lipinski definition) is 8. The number of anilines is 2. The quantitative estimate of drug-likeness (QED) is 0.149. The van der Waals surface area contributed by atoms with Gasteiger partial charge in [-0.2, -0.15) is 0 Å². The molecule has 2 aromatic carbocycles. The normalized spacial score (nSPS) is 15.6. The molecule has 4 aromatic rings. The Morgan fingerprint density at radius 2 is 1.02 bits per heavy atom. The number of hydrogen-bond donors (Lipinski definition) is 2. The number of benzene rings is 2. The molecule has 0 saturated carbocycles. The Morgan fingerprint density at radius 3 is 1.38 bits per heavy atom. The van der Waals surface area contributed by atoms with Gasteiger partial charge in [0.2, 0.25) is 0 Å². The van der Waals surface area contributed by atoms with Crippen LogP contribution in [0, 0.1) is 0 Å². The van der Waals surface area contributed by atoms with E-state index in [1.807, 2.05) is 85.3 Å². The summed E-state index contributed by atoms with van der Waals surface area (Å²) in [6, 6.07) is 16.0. The average molecular weight is 805 g/mol. The molecular formula is C34H26Br2N4NiO2S2. The summed E-state index contributed by atoms with van der Waals surface area (Å²) in [7, 11) is 0. The Hall–Kier alpha value is -3.47. The van der Waals surface area contributed by atoms with Crippen LogP contribution < -0.4 is 10.6 Å². The topological polar surface area (TPSA) is 84.0 Å². The van der Waals surface area contributed by atoms with E-state index in [1.54, 1.807) is 36.7 Å². The number of nitrogens with one attached hydrogen (secondary N) is 2. The van der Waals surface area contributed by atoms with E-state index in [-0.39, 0.29) is 28.1 Å². The van der Waals surface area contributed by atoms with Gasteiger partial charge < -0.3 is 10.6 Å². The predicted octanol–water partition coefficient (Wildman–Crippen LogP) is 9.90. The van der Waals surface area contributed by atoms with E-state index >= 15 is 0 Å². The fourth-order valence-electron chi connectivity index (χ4n) is 4.13. The van der Waals surface area contributed by atoms with Crippen LogP contribution >= 0.6 is 54.5 Å². The van der Waals surface area contributed by atoms with Crippen molar-refractivity contribution in [2.75, 3.05) is 10.6 Å². The van der Waals surface area contributed by atoms with Crippen molar-refractivity contribution < 1.29 is 26.1 Å². The first-order valence-electron chi connectivity index (χ1n) is 13.4. The molecule has 6 nitrogen and oxygen atoms in total. The van der Waals surface area contributed by atoms with Crippen LogP contribution in [0.2, 0.25) is 0 Å². The molecule has 0 unspecified atom stereocenters. The van der Waals surface area contributed by atoms with Crippen molar-refractivity contribution in [2.24, 2.45) is 0 Å². The molecule has 0 saturated heterocycles. The third kappa shape index (κ3) is 9.28. The molecule has 2 aliphatic rings. The van der Waals surface area contributed by atoms with Crippen molar-refractivity contribution in [3.05, 3.63) is 139 Å². The summed E-state index contributed by atoms with van der Waals surface area (Å²) in [6.45, 7) is 3.84. The SMILES string of the molecule is CC1=CC=CC(=O)/C1=C\Nc1nc(-c2ccc(Br)cc2)cs1.CC1=CC=CC(=O)/C1=C\Nc1nc(-c2ccc(Br)cc2)cs1.[Ni]. The molecule has 0 amide bonds. The smallest absolute Gasteiger partial charge is 0.187 e. The number of thiazole rings is 2. The monoisotopic (exact) mass is 802 g/mol. The molecule has 45 heavy (non-hydrogen) atoms. The molecule has 2 N–H and O–H groups in total. The number of nitrogens with zero attached hydrogens (tertiary/aromatic N) is 2. The van der Waals surface area contributed by atoms with Crippen molar-refractivity contribution in [1.29, 1.82) is 0 Å². The van der Waals surface area contributed by atoms with Crippen molar-refractivity contribution in [3.8, 4) is 22.5 Å². The number of aromatic nitrogens is 2. The minimum absolute atomic E-state index is 0. The standard InChI is InChI=1S/2C17H13BrN2OS.Ni/c2*1-11-3-2-4-16(21)14(11)9-19-17-20-15(10-22-17)12-5-7-13(18)8-6-12;/h2*2-10H,1H3,(H,19,20);/b2*14-9-;. The van der Waals surface area contributed by atoms with E-state index in [1.165, 1.54) is 22.7 Å². The molecule has 0 atom stereocenters. The minimum atomic E-state index is 0. The summed E-state index contributed by atoms with van der Waals surface area (Å²) < 4.78 is 2.08. The van der Waals surface area contributed by atoms with Gasteiger partial charge in [0.1, 0.15) is 0 Å². The number of allylic oxidation sites excluding steroid dienone is 10. The van der Waals surface area contributed by atoms with E-state index in [2.05, 4.69) is 52.5 Å². The van der Waals surface area contributed by atoms with Gasteiger partial charge in [-0.3, -0.25) is 9.59 Å². The van der Waals surface area contributed by atoms with E-state index in [4.69, 9.17) is 0 Å². The molecule has 0 aliphatic heterocycles. The second-order valence-electron chi connectivity index (χ2n) is 9.64. The number of carbonyl (C=O) groups is 2. The first-order chi connectivity index (χ1) is 21.3. The van der Waals surface area contributed by atoms with E-state index in [9.17, 15) is 9.59 Å². The number of ketones is 2. The number of halogens is 2. The van der Waals surface area contributed by atoms with Crippen LogP contribution in [0.5, 0.6) is 0 Å². The van der Waals surface area contributed by atoms with Crippen LogP contribution in [0.25, 0.3) is 22.5 Å². The van der Waals surface area contributed by atoms with Crippen molar-refractivity contribution in [1.82, 2.24) is 9.97 Å². The zero-order valence-corrected chi connectivity index (χ0v) is 29.8. The molecule has 0 radical (unpaired) electrons. The van der Waals surface area contributed by atoms with Crippen LogP contribution in [0.15, 0.2) is 139 Å². The fraction of sp³-hybridized carbons (Fsp3) is 0.0588. The summed E-state index contributed by atoms with van der Waals surface area (Å²) >= 11 is 9.87. The van der Waals surface area contributed by atoms with Gasteiger partial charge in [0, 0.05) is 70.9 Å². The van der Waals surface area contributed by atoms with Gasteiger partial charge in [0.15, 0.2) is 21.8 Å². The van der Waals surface area contributed by atoms with Gasteiger partial charge in [-0.05, 0) is 61.4 Å². The summed E-state index contributed by atoms with van der Waals surface area (Å²) in [4.78, 5) is 32.7. The molecule has 6 rings (SSSR count). The van der Waals surface area contributed by atoms with E-state index in [0.29, 0.717) is 11.1 Å². The molecule has 0 bridgehead atoms. The zero-order valence-electron chi connectivity index (χ0n) is 24.0. The van der Waals surface area contributed by atoms with Gasteiger partial charge in [0.05, 0.1) is 11.4 Å². The Bertz CT molecular complexity index is 1750. The summed E-state index contributed by atoms with van der Waals surface area (Å²) in [5, 5.41) is 11.8. The molecule has 0 spiro atoms. The third-order valence-electron chi connectivity index (χ3n) is 6.54. The first-order valence-corrected chi connectivity index (χ1v) is 16.8. The minimum Gasteiger partial charge on any atom is -0.337 e. The Labute approximate surface area is 296 Å². The molecular weight excluding hydrogens is 779 g/mol. The molecule has 230 valence electrons. The van der Waals surface area contributed by atoms with Gasteiger partial charge in [-0.25, -0.2) is 9.97 Å². The Morgan fingerprint density at radius 1 is 0.644 bits per heavy atom. The summed E-state index contributed by atoms with van der Waals surface area (Å²) in [5.74, 6) is 0.0226. The van der Waals surface area contributed by atoms with Crippen LogP contribution in [0.1, 0.15) is 13.8 Å². The first kappa shape index (κ1) is 34.4. The third-order valence-corrected chi connectivity index (χ3v) is 9.14. The number of rotatable bonds is 6. The van der Waals surface area contributed by atoms with Crippen LogP contribution in [-0.2, 0) is 26.1 Å². The van der Waals surface area contributed by atoms with Crippen LogP contribution in [-0.4, -0.2) is 21.5 Å². The summed E-state index contributed by atoms with van der Waals surface area (Å²) in [5.41, 5.74) is 7.20. The average Bonchev–Trinajstić information content (AvgIpc) is 3.68. The second kappa shape index (κ2) is 16.2. The molecule has 2 aliphatic carbocycles. The predicted molar refractivity (Wildman–Crippen MR) is 190 cm³/mol. The largest absolute Gasteiger partial charge is 0.337 e. The van der Waals surface area contributed by atoms with Crippen molar-refractivity contribution >= 4 is 76.4 Å². The fourth-order valence-corrected chi connectivity index (χ4v) is 6.04. The zero-order chi connectivity index (χ0) is 31.1. The maximum absolute atomic E-state index is 11.8. The van der Waals surface area contributed by atoms with Crippen LogP contribution in [0.4, 0.5) is 10.3 Å². The molecule has 0 fully saturated rings. The van der Waals surface area contributed by atoms with Gasteiger partial charge in [-0.15, -0.1) is 22.7 Å². The maximum atomic E-state index is 11.8. The van der Waals surface area contributed by atoms with E-state index < -0.39 is 0 Å².